The molecule has 3 heterocycles. The van der Waals surface area contributed by atoms with Crippen LogP contribution in [0.3, 0.4) is 0 Å². The highest BCUT2D eigenvalue weighted by atomic mass is 19.4. The molecule has 1 N–H and O–H groups in total. The molecule has 1 aliphatic rings. The summed E-state index contributed by atoms with van der Waals surface area (Å²) in [6.07, 6.45) is -3.76. The maximum Gasteiger partial charge on any atom is 0.417 e. The van der Waals surface area contributed by atoms with Crippen molar-refractivity contribution in [1.29, 1.82) is 0 Å². The fourth-order valence-electron chi connectivity index (χ4n) is 3.37. The highest BCUT2D eigenvalue weighted by Gasteiger charge is 2.33. The molecular weight excluding hydrogens is 429 g/mol. The van der Waals surface area contributed by atoms with Crippen LogP contribution in [0.5, 0.6) is 0 Å². The second kappa shape index (κ2) is 9.01. The van der Waals surface area contributed by atoms with Crippen LogP contribution in [0.25, 0.3) is 11.5 Å². The lowest BCUT2D eigenvalue weighted by molar-refractivity contribution is -0.137. The Kier molecular flexibility index (Phi) is 6.15. The summed E-state index contributed by atoms with van der Waals surface area (Å²) in [7, 11) is 0. The van der Waals surface area contributed by atoms with Crippen molar-refractivity contribution in [2.45, 2.75) is 12.7 Å². The average molecular weight is 448 g/mol. The van der Waals surface area contributed by atoms with Crippen LogP contribution in [-0.4, -0.2) is 69.0 Å². The van der Waals surface area contributed by atoms with Gasteiger partial charge in [-0.15, -0.1) is 5.10 Å². The number of hydrogen-bond acceptors (Lipinski definition) is 8. The molecule has 1 aromatic carbocycles. The first-order valence-electron chi connectivity index (χ1n) is 9.76. The molecule has 0 amide bonds. The van der Waals surface area contributed by atoms with Crippen LogP contribution in [0.2, 0.25) is 0 Å². The van der Waals surface area contributed by atoms with Crippen molar-refractivity contribution >= 4 is 11.5 Å². The van der Waals surface area contributed by atoms with E-state index >= 15 is 0 Å². The van der Waals surface area contributed by atoms with Crippen LogP contribution in [0.4, 0.5) is 18.9 Å². The number of pyridine rings is 1. The predicted octanol–water partition coefficient (Wildman–Crippen LogP) is 1.81. The number of alkyl halides is 3. The van der Waals surface area contributed by atoms with E-state index < -0.39 is 24.1 Å². The Balaban J connectivity index is 1.68. The fraction of sp³-hybridized carbons (Fsp3) is 0.350. The number of tetrazole rings is 1. The van der Waals surface area contributed by atoms with E-state index in [9.17, 15) is 18.0 Å². The third-order valence-electron chi connectivity index (χ3n) is 5.04. The van der Waals surface area contributed by atoms with Gasteiger partial charge in [0.15, 0.2) is 5.78 Å². The van der Waals surface area contributed by atoms with Crippen LogP contribution in [0.15, 0.2) is 36.5 Å². The molecule has 0 spiro atoms. The number of carbonyl (C=O) groups is 1. The van der Waals surface area contributed by atoms with Crippen molar-refractivity contribution in [3.8, 4) is 11.5 Å². The molecule has 3 aromatic rings. The lowest BCUT2D eigenvalue weighted by atomic mass is 10.1. The Hall–Kier alpha value is -3.38. The lowest BCUT2D eigenvalue weighted by Gasteiger charge is -2.30. The zero-order valence-electron chi connectivity index (χ0n) is 16.8. The fourth-order valence-corrected chi connectivity index (χ4v) is 3.37. The van der Waals surface area contributed by atoms with Gasteiger partial charge in [-0.1, -0.05) is 24.3 Å². The molecule has 168 valence electrons. The highest BCUT2D eigenvalue weighted by molar-refractivity contribution is 5.96. The summed E-state index contributed by atoms with van der Waals surface area (Å²) in [4.78, 5) is 17.4. The van der Waals surface area contributed by atoms with E-state index in [4.69, 9.17) is 9.84 Å². The summed E-state index contributed by atoms with van der Waals surface area (Å²) < 4.78 is 46.7. The van der Waals surface area contributed by atoms with Crippen LogP contribution in [0.1, 0.15) is 21.5 Å². The third kappa shape index (κ3) is 4.60. The van der Waals surface area contributed by atoms with Gasteiger partial charge in [-0.2, -0.15) is 13.2 Å². The topological polar surface area (TPSA) is 106 Å². The number of aliphatic hydroxyl groups excluding tert-OH is 1. The van der Waals surface area contributed by atoms with Crippen LogP contribution in [0, 0.1) is 0 Å². The summed E-state index contributed by atoms with van der Waals surface area (Å²) >= 11 is 0. The second-order valence-electron chi connectivity index (χ2n) is 7.13. The maximum atomic E-state index is 13.3. The number of aromatic nitrogens is 5. The monoisotopic (exact) mass is 448 g/mol. The first kappa shape index (κ1) is 21.8. The first-order valence-corrected chi connectivity index (χ1v) is 9.76. The van der Waals surface area contributed by atoms with E-state index in [-0.39, 0.29) is 23.8 Å². The second-order valence-corrected chi connectivity index (χ2v) is 7.13. The molecule has 9 nitrogen and oxygen atoms in total. The maximum absolute atomic E-state index is 13.3. The van der Waals surface area contributed by atoms with E-state index in [1.807, 2.05) is 0 Å². The largest absolute Gasteiger partial charge is 0.417 e. The van der Waals surface area contributed by atoms with Gasteiger partial charge in [-0.3, -0.25) is 9.78 Å². The Bertz CT molecular complexity index is 1090. The van der Waals surface area contributed by atoms with E-state index in [1.165, 1.54) is 4.68 Å². The molecular formula is C20H19F3N6O3. The van der Waals surface area contributed by atoms with Gasteiger partial charge >= 0.3 is 6.18 Å². The molecule has 1 saturated heterocycles. The number of halogens is 3. The molecule has 2 aromatic heterocycles. The molecule has 32 heavy (non-hydrogen) atoms. The molecule has 0 unspecified atom stereocenters. The number of morpholine rings is 1. The number of rotatable bonds is 6. The van der Waals surface area contributed by atoms with Gasteiger partial charge in [0.2, 0.25) is 5.82 Å². The average Bonchev–Trinajstić information content (AvgIpc) is 3.26. The summed E-state index contributed by atoms with van der Waals surface area (Å²) in [6.45, 7) is 1.23. The van der Waals surface area contributed by atoms with Gasteiger partial charge < -0.3 is 14.7 Å². The lowest BCUT2D eigenvalue weighted by Crippen LogP contribution is -2.37. The van der Waals surface area contributed by atoms with Crippen molar-refractivity contribution in [1.82, 2.24) is 25.2 Å². The number of ether oxygens (including phenoxy) is 1. The number of carbonyl (C=O) groups excluding carboxylic acids is 1. The summed E-state index contributed by atoms with van der Waals surface area (Å²) in [5, 5.41) is 20.6. The van der Waals surface area contributed by atoms with Gasteiger partial charge in [0.1, 0.15) is 12.3 Å². The molecule has 0 bridgehead atoms. The van der Waals surface area contributed by atoms with Crippen LogP contribution >= 0.6 is 0 Å². The van der Waals surface area contributed by atoms with Crippen molar-refractivity contribution in [3.05, 3.63) is 53.2 Å². The number of benzene rings is 1. The molecule has 1 fully saturated rings. The summed E-state index contributed by atoms with van der Waals surface area (Å²) in [5.74, 6) is -0.181. The van der Waals surface area contributed by atoms with Crippen molar-refractivity contribution in [3.63, 3.8) is 0 Å². The number of aliphatic hydroxyl groups is 1. The van der Waals surface area contributed by atoms with E-state index in [2.05, 4.69) is 20.5 Å². The SMILES string of the molecule is O=C(CO)c1ccc(Cn2nnnc2-c2ncc(C(F)(F)F)cc2N2CCOCC2)cc1. The standard InChI is InChI=1S/C20H19F3N6O3/c21-20(22,23)15-9-16(28-5-7-32-8-6-28)18(24-10-15)19-25-26-27-29(19)11-13-1-3-14(4-2-13)17(31)12-30/h1-4,9-10,30H,5-8,11-12H2. The van der Waals surface area contributed by atoms with Crippen LogP contribution in [-0.2, 0) is 17.5 Å². The Labute approximate surface area is 180 Å². The molecule has 0 saturated carbocycles. The predicted molar refractivity (Wildman–Crippen MR) is 106 cm³/mol. The summed E-state index contributed by atoms with van der Waals surface area (Å²) in [5.41, 5.74) is 0.783. The van der Waals surface area contributed by atoms with E-state index in [0.717, 1.165) is 17.8 Å². The quantitative estimate of drug-likeness (QED) is 0.570. The van der Waals surface area contributed by atoms with Gasteiger partial charge in [-0.05, 0) is 22.1 Å². The Morgan fingerprint density at radius 3 is 2.53 bits per heavy atom. The highest BCUT2D eigenvalue weighted by Crippen LogP contribution is 2.35. The number of ketones is 1. The zero-order chi connectivity index (χ0) is 22.7. The minimum absolute atomic E-state index is 0.210. The van der Waals surface area contributed by atoms with Crippen molar-refractivity contribution < 1.29 is 27.8 Å². The van der Waals surface area contributed by atoms with Gasteiger partial charge in [0, 0.05) is 24.8 Å². The number of Topliss-reactive ketones (excluding diaryl/α,β-unsaturated/α-hetero) is 1. The number of nitrogens with zero attached hydrogens (tertiary/aromatic N) is 6. The molecule has 4 rings (SSSR count). The van der Waals surface area contributed by atoms with Crippen molar-refractivity contribution in [2.24, 2.45) is 0 Å². The normalized spacial score (nSPS) is 14.6. The van der Waals surface area contributed by atoms with E-state index in [0.29, 0.717) is 31.9 Å². The molecule has 12 heteroatoms. The summed E-state index contributed by atoms with van der Waals surface area (Å²) in [6, 6.07) is 7.59. The minimum atomic E-state index is -4.54. The van der Waals surface area contributed by atoms with Gasteiger partial charge in [0.05, 0.1) is 31.0 Å². The zero-order valence-corrected chi connectivity index (χ0v) is 16.8. The minimum Gasteiger partial charge on any atom is -0.388 e. The first-order chi connectivity index (χ1) is 15.4. The molecule has 0 atom stereocenters. The van der Waals surface area contributed by atoms with E-state index in [1.54, 1.807) is 29.2 Å². The number of anilines is 1. The van der Waals surface area contributed by atoms with Gasteiger partial charge in [-0.25, -0.2) is 4.68 Å². The molecule has 0 radical (unpaired) electrons. The van der Waals surface area contributed by atoms with Crippen molar-refractivity contribution in [2.75, 3.05) is 37.8 Å². The Morgan fingerprint density at radius 2 is 1.88 bits per heavy atom. The third-order valence-corrected chi connectivity index (χ3v) is 5.04. The molecule has 1 aliphatic heterocycles. The molecule has 0 aliphatic carbocycles. The number of hydrogen-bond donors (Lipinski definition) is 1. The van der Waals surface area contributed by atoms with Crippen LogP contribution < -0.4 is 4.90 Å². The Morgan fingerprint density at radius 1 is 1.16 bits per heavy atom. The van der Waals surface area contributed by atoms with Gasteiger partial charge in [0.25, 0.3) is 0 Å². The smallest absolute Gasteiger partial charge is 0.388 e.